The lowest BCUT2D eigenvalue weighted by atomic mass is 10.1. The molecule has 1 amide bonds. The standard InChI is InChI=1S/C18H13F3N4O2S/c1-24(8-13-6-7-27-23-13)16(26)15-10-28-17-22-14(9-25(15)17)11-2-4-12(5-3-11)18(19,20)21/h2-7,9-10H,8H2,1H3. The number of nitrogens with zero attached hydrogens (tertiary/aromatic N) is 4. The van der Waals surface area contributed by atoms with Crippen molar-refractivity contribution in [1.29, 1.82) is 0 Å². The number of carbonyl (C=O) groups excluding carboxylic acids is 1. The lowest BCUT2D eigenvalue weighted by Crippen LogP contribution is -2.27. The van der Waals surface area contributed by atoms with Crippen LogP contribution in [0.15, 0.2) is 52.7 Å². The molecule has 1 aromatic carbocycles. The predicted octanol–water partition coefficient (Wildman–Crippen LogP) is 4.34. The second-order valence-electron chi connectivity index (χ2n) is 6.13. The Hall–Kier alpha value is -3.14. The van der Waals surface area contributed by atoms with Crippen LogP contribution in [0.1, 0.15) is 21.7 Å². The summed E-state index contributed by atoms with van der Waals surface area (Å²) in [6, 6.07) is 6.44. The number of amides is 1. The Morgan fingerprint density at radius 3 is 2.64 bits per heavy atom. The number of hydrogen-bond donors (Lipinski definition) is 0. The van der Waals surface area contributed by atoms with Gasteiger partial charge >= 0.3 is 6.18 Å². The average molecular weight is 406 g/mol. The summed E-state index contributed by atoms with van der Waals surface area (Å²) in [6.07, 6.45) is -1.31. The Kier molecular flexibility index (Phi) is 4.42. The number of imidazole rings is 1. The Morgan fingerprint density at radius 2 is 2.00 bits per heavy atom. The van der Waals surface area contributed by atoms with E-state index in [0.717, 1.165) is 12.1 Å². The van der Waals surface area contributed by atoms with Crippen molar-refractivity contribution in [2.45, 2.75) is 12.7 Å². The van der Waals surface area contributed by atoms with Gasteiger partial charge in [-0.25, -0.2) is 4.98 Å². The fraction of sp³-hybridized carbons (Fsp3) is 0.167. The van der Waals surface area contributed by atoms with E-state index < -0.39 is 11.7 Å². The summed E-state index contributed by atoms with van der Waals surface area (Å²) in [4.78, 5) is 19.2. The van der Waals surface area contributed by atoms with Crippen molar-refractivity contribution in [3.05, 3.63) is 65.1 Å². The van der Waals surface area contributed by atoms with E-state index in [2.05, 4.69) is 10.1 Å². The molecule has 28 heavy (non-hydrogen) atoms. The van der Waals surface area contributed by atoms with Crippen LogP contribution in [-0.2, 0) is 12.7 Å². The Bertz CT molecular complexity index is 1110. The van der Waals surface area contributed by atoms with E-state index in [1.54, 1.807) is 29.1 Å². The second-order valence-corrected chi connectivity index (χ2v) is 6.96. The molecule has 4 rings (SSSR count). The summed E-state index contributed by atoms with van der Waals surface area (Å²) in [5.41, 5.74) is 1.35. The maximum atomic E-state index is 12.7. The van der Waals surface area contributed by atoms with Crippen LogP contribution < -0.4 is 0 Å². The minimum absolute atomic E-state index is 0.231. The molecule has 0 spiro atoms. The maximum Gasteiger partial charge on any atom is 0.416 e. The summed E-state index contributed by atoms with van der Waals surface area (Å²) >= 11 is 1.28. The Morgan fingerprint density at radius 1 is 1.25 bits per heavy atom. The molecule has 3 aromatic heterocycles. The fourth-order valence-electron chi connectivity index (χ4n) is 2.74. The van der Waals surface area contributed by atoms with Crippen LogP contribution in [0.4, 0.5) is 13.2 Å². The highest BCUT2D eigenvalue weighted by molar-refractivity contribution is 7.15. The molecule has 0 N–H and O–H groups in total. The third-order valence-corrected chi connectivity index (χ3v) is 5.01. The first-order valence-electron chi connectivity index (χ1n) is 8.12. The van der Waals surface area contributed by atoms with Gasteiger partial charge in [-0.05, 0) is 12.1 Å². The lowest BCUT2D eigenvalue weighted by molar-refractivity contribution is -0.137. The molecule has 0 saturated heterocycles. The van der Waals surface area contributed by atoms with Crippen LogP contribution in [0.3, 0.4) is 0 Å². The first kappa shape index (κ1) is 18.2. The zero-order valence-electron chi connectivity index (χ0n) is 14.5. The van der Waals surface area contributed by atoms with Gasteiger partial charge in [0.25, 0.3) is 5.91 Å². The van der Waals surface area contributed by atoms with E-state index in [9.17, 15) is 18.0 Å². The van der Waals surface area contributed by atoms with Gasteiger partial charge < -0.3 is 9.42 Å². The van der Waals surface area contributed by atoms with E-state index in [0.29, 0.717) is 27.6 Å². The smallest absolute Gasteiger partial charge is 0.364 e. The highest BCUT2D eigenvalue weighted by Crippen LogP contribution is 2.31. The summed E-state index contributed by atoms with van der Waals surface area (Å²) < 4.78 is 44.6. The highest BCUT2D eigenvalue weighted by Gasteiger charge is 2.30. The van der Waals surface area contributed by atoms with Gasteiger partial charge in [-0.3, -0.25) is 9.20 Å². The van der Waals surface area contributed by atoms with E-state index in [1.165, 1.54) is 34.6 Å². The molecule has 0 unspecified atom stereocenters. The van der Waals surface area contributed by atoms with E-state index in [-0.39, 0.29) is 12.5 Å². The number of alkyl halides is 3. The quantitative estimate of drug-likeness (QED) is 0.506. The molecular weight excluding hydrogens is 393 g/mol. The molecule has 4 aromatic rings. The number of rotatable bonds is 4. The second kappa shape index (κ2) is 6.79. The number of aromatic nitrogens is 3. The average Bonchev–Trinajstić information content (AvgIpc) is 3.37. The molecular formula is C18H13F3N4O2S. The molecule has 0 aliphatic rings. The third kappa shape index (κ3) is 3.38. The predicted molar refractivity (Wildman–Crippen MR) is 95.8 cm³/mol. The molecule has 0 saturated carbocycles. The zero-order valence-corrected chi connectivity index (χ0v) is 15.3. The monoisotopic (exact) mass is 406 g/mol. The SMILES string of the molecule is CN(Cc1ccon1)C(=O)c1csc2nc(-c3ccc(C(F)(F)F)cc3)cn12. The maximum absolute atomic E-state index is 12.7. The van der Waals surface area contributed by atoms with Gasteiger partial charge in [-0.2, -0.15) is 13.2 Å². The zero-order chi connectivity index (χ0) is 19.9. The van der Waals surface area contributed by atoms with E-state index in [1.807, 2.05) is 0 Å². The number of carbonyl (C=O) groups is 1. The summed E-state index contributed by atoms with van der Waals surface area (Å²) in [5, 5.41) is 5.48. The topological polar surface area (TPSA) is 63.6 Å². The van der Waals surface area contributed by atoms with Gasteiger partial charge in [0.15, 0.2) is 4.96 Å². The normalized spacial score (nSPS) is 11.9. The van der Waals surface area contributed by atoms with Crippen molar-refractivity contribution in [1.82, 2.24) is 19.4 Å². The van der Waals surface area contributed by atoms with E-state index >= 15 is 0 Å². The molecule has 3 heterocycles. The molecule has 6 nitrogen and oxygen atoms in total. The van der Waals surface area contributed by atoms with Crippen LogP contribution in [0.2, 0.25) is 0 Å². The fourth-order valence-corrected chi connectivity index (χ4v) is 3.58. The number of halogens is 3. The van der Waals surface area contributed by atoms with Crippen molar-refractivity contribution in [2.24, 2.45) is 0 Å². The minimum Gasteiger partial charge on any atom is -0.364 e. The van der Waals surface area contributed by atoms with E-state index in [4.69, 9.17) is 4.52 Å². The summed E-state index contributed by atoms with van der Waals surface area (Å²) in [6.45, 7) is 0.285. The van der Waals surface area contributed by atoms with Crippen molar-refractivity contribution in [3.63, 3.8) is 0 Å². The molecule has 0 bridgehead atoms. The van der Waals surface area contributed by atoms with Crippen LogP contribution >= 0.6 is 11.3 Å². The first-order chi connectivity index (χ1) is 13.3. The lowest BCUT2D eigenvalue weighted by Gasteiger charge is -2.14. The molecule has 0 aliphatic heterocycles. The Balaban J connectivity index is 1.61. The minimum atomic E-state index is -4.39. The van der Waals surface area contributed by atoms with Gasteiger partial charge in [0.05, 0.1) is 17.8 Å². The van der Waals surface area contributed by atoms with Crippen molar-refractivity contribution in [3.8, 4) is 11.3 Å². The molecule has 0 radical (unpaired) electrons. The van der Waals surface area contributed by atoms with Crippen molar-refractivity contribution in [2.75, 3.05) is 7.05 Å². The first-order valence-corrected chi connectivity index (χ1v) is 9.00. The summed E-state index contributed by atoms with van der Waals surface area (Å²) in [7, 11) is 1.65. The highest BCUT2D eigenvalue weighted by atomic mass is 32.1. The molecule has 0 aliphatic carbocycles. The number of benzene rings is 1. The molecule has 10 heteroatoms. The summed E-state index contributed by atoms with van der Waals surface area (Å²) in [5.74, 6) is -0.231. The Labute approximate surface area is 160 Å². The van der Waals surface area contributed by atoms with Crippen LogP contribution in [0.5, 0.6) is 0 Å². The van der Waals surface area contributed by atoms with Gasteiger partial charge in [0, 0.05) is 30.3 Å². The molecule has 0 atom stereocenters. The van der Waals surface area contributed by atoms with Gasteiger partial charge in [-0.1, -0.05) is 17.3 Å². The number of hydrogen-bond acceptors (Lipinski definition) is 5. The molecule has 0 fully saturated rings. The van der Waals surface area contributed by atoms with Crippen LogP contribution in [-0.4, -0.2) is 32.4 Å². The van der Waals surface area contributed by atoms with Gasteiger partial charge in [0.1, 0.15) is 17.7 Å². The van der Waals surface area contributed by atoms with Gasteiger partial charge in [-0.15, -0.1) is 11.3 Å². The van der Waals surface area contributed by atoms with Crippen LogP contribution in [0.25, 0.3) is 16.2 Å². The largest absolute Gasteiger partial charge is 0.416 e. The van der Waals surface area contributed by atoms with Crippen molar-refractivity contribution >= 4 is 22.2 Å². The third-order valence-electron chi connectivity index (χ3n) is 4.17. The molecule has 144 valence electrons. The van der Waals surface area contributed by atoms with Gasteiger partial charge in [0.2, 0.25) is 0 Å². The number of thiazole rings is 1. The van der Waals surface area contributed by atoms with Crippen molar-refractivity contribution < 1.29 is 22.5 Å². The number of fused-ring (bicyclic) bond motifs is 1. The van der Waals surface area contributed by atoms with Crippen LogP contribution in [0, 0.1) is 0 Å².